The molecule has 6 heteroatoms. The van der Waals surface area contributed by atoms with Gasteiger partial charge in [-0.3, -0.25) is 4.79 Å². The summed E-state index contributed by atoms with van der Waals surface area (Å²) in [5.74, 6) is -0.0745. The van der Waals surface area contributed by atoms with Crippen LogP contribution in [0.3, 0.4) is 0 Å². The van der Waals surface area contributed by atoms with Crippen LogP contribution in [0.4, 0.5) is 13.2 Å². The highest BCUT2D eigenvalue weighted by Gasteiger charge is 2.30. The normalized spacial score (nSPS) is 18.5. The Morgan fingerprint density at radius 2 is 1.88 bits per heavy atom. The van der Waals surface area contributed by atoms with Crippen LogP contribution < -0.4 is 0 Å². The molecule has 1 aromatic carbocycles. The maximum absolute atomic E-state index is 12.6. The quantitative estimate of drug-likeness (QED) is 0.720. The number of alkyl halides is 3. The molecule has 1 aromatic rings. The highest BCUT2D eigenvalue weighted by atomic mass is 19.4. The lowest BCUT2D eigenvalue weighted by atomic mass is 10.1. The summed E-state index contributed by atoms with van der Waals surface area (Å²) in [6.07, 6.45) is 0.686. The van der Waals surface area contributed by atoms with E-state index < -0.39 is 11.7 Å². The Morgan fingerprint density at radius 3 is 2.44 bits per heavy atom. The number of nitrogens with zero attached hydrogens (tertiary/aromatic N) is 2. The van der Waals surface area contributed by atoms with Crippen molar-refractivity contribution in [1.82, 2.24) is 9.80 Å². The highest BCUT2D eigenvalue weighted by Crippen LogP contribution is 2.29. The summed E-state index contributed by atoms with van der Waals surface area (Å²) >= 11 is 0. The number of likely N-dealkylation sites (tertiary alicyclic amines) is 1. The molecule has 1 heterocycles. The van der Waals surface area contributed by atoms with Crippen molar-refractivity contribution in [2.75, 3.05) is 26.2 Å². The molecule has 2 rings (SSSR count). The molecule has 1 fully saturated rings. The number of hydrogen-bond donors (Lipinski definition) is 0. The monoisotopic (exact) mass is 354 g/mol. The zero-order valence-electron chi connectivity index (χ0n) is 14.7. The van der Waals surface area contributed by atoms with Gasteiger partial charge < -0.3 is 9.80 Å². The Kier molecular flexibility index (Phi) is 6.64. The van der Waals surface area contributed by atoms with E-state index in [1.807, 2.05) is 4.90 Å². The second kappa shape index (κ2) is 8.52. The third-order valence-corrected chi connectivity index (χ3v) is 4.68. The van der Waals surface area contributed by atoms with Crippen molar-refractivity contribution < 1.29 is 18.0 Å². The van der Waals surface area contributed by atoms with E-state index in [0.717, 1.165) is 51.2 Å². The van der Waals surface area contributed by atoms with Gasteiger partial charge in [0.15, 0.2) is 0 Å². The lowest BCUT2D eigenvalue weighted by Gasteiger charge is -2.29. The molecular weight excluding hydrogens is 329 g/mol. The second-order valence-electron chi connectivity index (χ2n) is 6.27. The van der Waals surface area contributed by atoms with Gasteiger partial charge in [-0.15, -0.1) is 0 Å². The Labute approximate surface area is 147 Å². The molecule has 1 aliphatic heterocycles. The average Bonchev–Trinajstić information content (AvgIpc) is 3.05. The summed E-state index contributed by atoms with van der Waals surface area (Å²) in [6.45, 7) is 7.73. The van der Waals surface area contributed by atoms with Crippen molar-refractivity contribution in [1.29, 1.82) is 0 Å². The van der Waals surface area contributed by atoms with Gasteiger partial charge in [0.2, 0.25) is 5.91 Å². The van der Waals surface area contributed by atoms with Gasteiger partial charge in [0, 0.05) is 25.2 Å². The molecular formula is C19H25F3N2O. The van der Waals surface area contributed by atoms with E-state index >= 15 is 0 Å². The first kappa shape index (κ1) is 19.5. The van der Waals surface area contributed by atoms with E-state index in [2.05, 4.69) is 18.7 Å². The van der Waals surface area contributed by atoms with Crippen LogP contribution in [0.5, 0.6) is 0 Å². The molecule has 0 bridgehead atoms. The number of amides is 1. The summed E-state index contributed by atoms with van der Waals surface area (Å²) in [7, 11) is 0. The molecule has 0 N–H and O–H groups in total. The molecule has 0 spiro atoms. The van der Waals surface area contributed by atoms with Crippen molar-refractivity contribution >= 4 is 12.0 Å². The number of benzene rings is 1. The molecule has 3 nitrogen and oxygen atoms in total. The van der Waals surface area contributed by atoms with Gasteiger partial charge in [0.25, 0.3) is 0 Å². The number of halogens is 3. The van der Waals surface area contributed by atoms with Crippen LogP contribution in [0.15, 0.2) is 30.3 Å². The molecule has 25 heavy (non-hydrogen) atoms. The first-order valence-corrected chi connectivity index (χ1v) is 8.73. The first-order valence-electron chi connectivity index (χ1n) is 8.73. The molecule has 1 aliphatic rings. The summed E-state index contributed by atoms with van der Waals surface area (Å²) in [6, 6.07) is 5.03. The number of carbonyl (C=O) groups excluding carboxylic acids is 1. The number of hydrogen-bond acceptors (Lipinski definition) is 2. The van der Waals surface area contributed by atoms with E-state index in [0.29, 0.717) is 5.56 Å². The van der Waals surface area contributed by atoms with Crippen LogP contribution in [0.2, 0.25) is 0 Å². The van der Waals surface area contributed by atoms with Crippen molar-refractivity contribution in [2.45, 2.75) is 38.9 Å². The fourth-order valence-electron chi connectivity index (χ4n) is 3.14. The van der Waals surface area contributed by atoms with Gasteiger partial charge >= 0.3 is 6.18 Å². The minimum Gasteiger partial charge on any atom is -0.335 e. The van der Waals surface area contributed by atoms with Gasteiger partial charge in [-0.1, -0.05) is 26.0 Å². The van der Waals surface area contributed by atoms with E-state index in [4.69, 9.17) is 0 Å². The maximum atomic E-state index is 12.6. The van der Waals surface area contributed by atoms with Crippen LogP contribution >= 0.6 is 0 Å². The number of carbonyl (C=O) groups is 1. The Hall–Kier alpha value is -1.82. The van der Waals surface area contributed by atoms with Crippen LogP contribution in [-0.2, 0) is 11.0 Å². The SMILES string of the molecule is CCN(CC)CC1CCCN1C(=O)C=Cc1ccc(C(F)(F)F)cc1. The maximum Gasteiger partial charge on any atom is 0.416 e. The molecule has 1 amide bonds. The van der Waals surface area contributed by atoms with Crippen LogP contribution in [0, 0.1) is 0 Å². The lowest BCUT2D eigenvalue weighted by Crippen LogP contribution is -2.42. The van der Waals surface area contributed by atoms with Crippen LogP contribution in [0.25, 0.3) is 6.08 Å². The predicted octanol–water partition coefficient (Wildman–Crippen LogP) is 4.05. The Balaban J connectivity index is 1.99. The topological polar surface area (TPSA) is 23.6 Å². The molecule has 1 atom stereocenters. The standard InChI is InChI=1S/C19H25F3N2O/c1-3-23(4-2)14-17-6-5-13-24(17)18(25)12-9-15-7-10-16(11-8-15)19(20,21)22/h7-12,17H,3-6,13-14H2,1-2H3. The van der Waals surface area contributed by atoms with Gasteiger partial charge in [0.05, 0.1) is 5.56 Å². The van der Waals surface area contributed by atoms with Crippen molar-refractivity contribution in [3.8, 4) is 0 Å². The summed E-state index contributed by atoms with van der Waals surface area (Å²) in [5, 5.41) is 0. The molecule has 1 saturated heterocycles. The predicted molar refractivity (Wildman–Crippen MR) is 93.0 cm³/mol. The average molecular weight is 354 g/mol. The van der Waals surface area contributed by atoms with Gasteiger partial charge in [0.1, 0.15) is 0 Å². The minimum atomic E-state index is -4.34. The molecule has 0 aromatic heterocycles. The van der Waals surface area contributed by atoms with E-state index in [1.54, 1.807) is 6.08 Å². The van der Waals surface area contributed by atoms with Gasteiger partial charge in [-0.05, 0) is 49.7 Å². The number of likely N-dealkylation sites (N-methyl/N-ethyl adjacent to an activating group) is 1. The molecule has 0 radical (unpaired) electrons. The van der Waals surface area contributed by atoms with E-state index in [9.17, 15) is 18.0 Å². The zero-order chi connectivity index (χ0) is 18.4. The molecule has 1 unspecified atom stereocenters. The van der Waals surface area contributed by atoms with Gasteiger partial charge in [-0.25, -0.2) is 0 Å². The van der Waals surface area contributed by atoms with Crippen molar-refractivity contribution in [2.24, 2.45) is 0 Å². The Bertz CT molecular complexity index is 592. The molecule has 0 saturated carbocycles. The summed E-state index contributed by atoms with van der Waals surface area (Å²) in [4.78, 5) is 16.6. The molecule has 0 aliphatic carbocycles. The molecule has 138 valence electrons. The third kappa shape index (κ3) is 5.33. The fraction of sp³-hybridized carbons (Fsp3) is 0.526. The first-order chi connectivity index (χ1) is 11.8. The smallest absolute Gasteiger partial charge is 0.335 e. The second-order valence-corrected chi connectivity index (χ2v) is 6.27. The largest absolute Gasteiger partial charge is 0.416 e. The summed E-state index contributed by atoms with van der Waals surface area (Å²) < 4.78 is 37.7. The highest BCUT2D eigenvalue weighted by molar-refractivity contribution is 5.92. The van der Waals surface area contributed by atoms with E-state index in [-0.39, 0.29) is 11.9 Å². The lowest BCUT2D eigenvalue weighted by molar-refractivity contribution is -0.137. The minimum absolute atomic E-state index is 0.0745. The van der Waals surface area contributed by atoms with Crippen molar-refractivity contribution in [3.05, 3.63) is 41.5 Å². The van der Waals surface area contributed by atoms with E-state index in [1.165, 1.54) is 18.2 Å². The Morgan fingerprint density at radius 1 is 1.24 bits per heavy atom. The fourth-order valence-corrected chi connectivity index (χ4v) is 3.14. The zero-order valence-corrected chi connectivity index (χ0v) is 14.7. The van der Waals surface area contributed by atoms with Gasteiger partial charge in [-0.2, -0.15) is 13.2 Å². The summed E-state index contributed by atoms with van der Waals surface area (Å²) in [5.41, 5.74) is -0.101. The van der Waals surface area contributed by atoms with Crippen molar-refractivity contribution in [3.63, 3.8) is 0 Å². The number of rotatable bonds is 6. The van der Waals surface area contributed by atoms with Crippen LogP contribution in [-0.4, -0.2) is 47.9 Å². The van der Waals surface area contributed by atoms with Crippen LogP contribution in [0.1, 0.15) is 37.8 Å². The third-order valence-electron chi connectivity index (χ3n) is 4.68.